The van der Waals surface area contributed by atoms with Gasteiger partial charge in [0.05, 0.1) is 109 Å². The number of halogens is 6. The Hall–Kier alpha value is -10.4. The van der Waals surface area contributed by atoms with Gasteiger partial charge < -0.3 is 44.9 Å². The zero-order chi connectivity index (χ0) is 76.3. The first-order valence-corrected chi connectivity index (χ1v) is 36.7. The molecule has 6 aliphatic rings. The lowest BCUT2D eigenvalue weighted by Gasteiger charge is -2.45. The van der Waals surface area contributed by atoms with Crippen molar-refractivity contribution in [1.29, 1.82) is 0 Å². The minimum atomic E-state index is -3.13. The number of aromatic nitrogens is 9. The fourth-order valence-corrected chi connectivity index (χ4v) is 15.1. The van der Waals surface area contributed by atoms with Gasteiger partial charge in [-0.05, 0) is 165 Å². The van der Waals surface area contributed by atoms with Crippen molar-refractivity contribution in [3.8, 4) is 33.8 Å². The van der Waals surface area contributed by atoms with Gasteiger partial charge in [0, 0.05) is 109 Å². The molecule has 0 radical (unpaired) electrons. The number of anilines is 6. The van der Waals surface area contributed by atoms with Crippen LogP contribution in [0.3, 0.4) is 0 Å². The second kappa shape index (κ2) is 31.8. The number of nitrogens with one attached hydrogen (secondary N) is 3. The second-order valence-electron chi connectivity index (χ2n) is 28.7. The molecule has 9 aromatic rings. The highest BCUT2D eigenvalue weighted by Gasteiger charge is 2.41. The molecule has 12 heterocycles. The molecule has 0 spiro atoms. The number of nitrogens with zero attached hydrogens (tertiary/aromatic N) is 12. The van der Waals surface area contributed by atoms with Crippen molar-refractivity contribution in [1.82, 2.24) is 45.5 Å². The summed E-state index contributed by atoms with van der Waals surface area (Å²) in [6, 6.07) is 31.4. The molecular weight excluding hydrogens is 1390 g/mol. The maximum atomic E-state index is 13.7. The first-order valence-electron chi connectivity index (χ1n) is 36.7. The Bertz CT molecular complexity index is 4350. The number of benzene rings is 3. The third kappa shape index (κ3) is 16.7. The summed E-state index contributed by atoms with van der Waals surface area (Å²) >= 11 is 0. The van der Waals surface area contributed by atoms with E-state index in [9.17, 15) is 40.7 Å². The molecule has 3 N–H and O–H groups in total. The summed E-state index contributed by atoms with van der Waals surface area (Å²) in [6.07, 6.45) is 9.46. The maximum absolute atomic E-state index is 13.7. The molecule has 108 heavy (non-hydrogen) atoms. The molecule has 0 saturated carbocycles. The number of pyridine rings is 3. The standard InChI is InChI=1S/3C27H29F2N5O2/c3*1-4-17-11-22-23(34-9-10-36-15-24(17)34)14-21(32-33-22)20-13-19(6-5-16(20)2)31-26(35)18-7-8-30-25(12-18)27(3,28)29/h3*5-8,12-14,17,24H,4,9-11,15H2,1-3H3,(H,31,35)/t2*17-,24+;17-,24-/m101/s1. The second-order valence-corrected chi connectivity index (χ2v) is 28.7. The number of fused-ring (bicyclic) bond motifs is 9. The predicted molar refractivity (Wildman–Crippen MR) is 400 cm³/mol. The van der Waals surface area contributed by atoms with Crippen LogP contribution in [0.2, 0.25) is 0 Å². The van der Waals surface area contributed by atoms with E-state index in [-0.39, 0.29) is 16.7 Å². The highest BCUT2D eigenvalue weighted by Crippen LogP contribution is 2.43. The first-order chi connectivity index (χ1) is 51.7. The number of amides is 3. The Labute approximate surface area is 623 Å². The summed E-state index contributed by atoms with van der Waals surface area (Å²) in [4.78, 5) is 56.7. The van der Waals surface area contributed by atoms with Crippen molar-refractivity contribution in [2.75, 3.05) is 89.9 Å². The molecule has 3 amide bonds. The molecule has 3 fully saturated rings. The Morgan fingerprint density at radius 2 is 0.685 bits per heavy atom. The lowest BCUT2D eigenvalue weighted by molar-refractivity contribution is 0.0120. The number of morpholine rings is 3. The number of carbonyl (C=O) groups excluding carboxylic acids is 3. The van der Waals surface area contributed by atoms with Crippen LogP contribution in [0.1, 0.15) is 143 Å². The fourth-order valence-electron chi connectivity index (χ4n) is 15.1. The topological polar surface area (TPSA) is 241 Å². The average molecular weight is 1480 g/mol. The highest BCUT2D eigenvalue weighted by atomic mass is 19.3. The van der Waals surface area contributed by atoms with E-state index in [1.165, 1.54) is 36.8 Å². The zero-order valence-electron chi connectivity index (χ0n) is 61.8. The Balaban J connectivity index is 0.000000143. The smallest absolute Gasteiger partial charge is 0.286 e. The van der Waals surface area contributed by atoms with E-state index in [1.807, 2.05) is 57.2 Å². The van der Waals surface area contributed by atoms with Crippen molar-refractivity contribution >= 4 is 51.8 Å². The zero-order valence-corrected chi connectivity index (χ0v) is 61.8. The van der Waals surface area contributed by atoms with Crippen molar-refractivity contribution in [2.24, 2.45) is 17.8 Å². The van der Waals surface area contributed by atoms with Crippen molar-refractivity contribution in [3.63, 3.8) is 0 Å². The van der Waals surface area contributed by atoms with Crippen LogP contribution in [0, 0.1) is 38.5 Å². The molecule has 15 rings (SSSR count). The van der Waals surface area contributed by atoms with Crippen LogP contribution < -0.4 is 30.7 Å². The predicted octanol–water partition coefficient (Wildman–Crippen LogP) is 15.0. The molecular formula is C81H87F6N15O6. The van der Waals surface area contributed by atoms with E-state index in [0.29, 0.717) is 72.8 Å². The Morgan fingerprint density at radius 1 is 0.407 bits per heavy atom. The van der Waals surface area contributed by atoms with E-state index >= 15 is 0 Å². The van der Waals surface area contributed by atoms with E-state index < -0.39 is 52.6 Å². The third-order valence-corrected chi connectivity index (χ3v) is 21.3. The normalized spacial score (nSPS) is 19.4. The van der Waals surface area contributed by atoms with Crippen LogP contribution >= 0.6 is 0 Å². The van der Waals surface area contributed by atoms with E-state index in [1.54, 1.807) is 18.2 Å². The highest BCUT2D eigenvalue weighted by molar-refractivity contribution is 6.06. The molecule has 0 aliphatic carbocycles. The maximum Gasteiger partial charge on any atom is 0.286 e. The van der Waals surface area contributed by atoms with E-state index in [0.717, 1.165) is 202 Å². The summed E-state index contributed by atoms with van der Waals surface area (Å²) in [7, 11) is 0. The van der Waals surface area contributed by atoms with Crippen LogP contribution in [0.25, 0.3) is 33.8 Å². The number of alkyl halides is 6. The van der Waals surface area contributed by atoms with Crippen molar-refractivity contribution in [3.05, 3.63) is 195 Å². The Morgan fingerprint density at radius 3 is 0.944 bits per heavy atom. The molecule has 0 bridgehead atoms. The number of hydrogen-bond donors (Lipinski definition) is 3. The molecule has 27 heteroatoms. The first kappa shape index (κ1) is 75.8. The lowest BCUT2D eigenvalue weighted by Crippen LogP contribution is -2.53. The summed E-state index contributed by atoms with van der Waals surface area (Å²) in [5.74, 6) is -9.40. The van der Waals surface area contributed by atoms with Gasteiger partial charge in [0.25, 0.3) is 35.5 Å². The molecule has 3 aromatic carbocycles. The SMILES string of the molecule is CC[C@@H]1Cc2nnc(-c3cc(NC(=O)c4ccnc(C(C)(F)F)c4)ccc3C)cc2N2CCOC[C@@H]12.CC[C@@H]1Cc2nnc(-c3cc(NC(=O)c4ccnc(C(C)(F)F)c4)ccc3C)cc2N2CCOC[C@H]12.CC[C@H]1Cc2nnc(-c3cc(NC(=O)c4ccnc(C(C)(F)F)c4)ccc3C)cc2N2CCOC[C@H]12. The van der Waals surface area contributed by atoms with E-state index in [2.05, 4.69) is 115 Å². The number of carbonyl (C=O) groups is 3. The molecule has 6 atom stereocenters. The number of ether oxygens (including phenoxy) is 3. The molecule has 3 saturated heterocycles. The van der Waals surface area contributed by atoms with Crippen LogP contribution in [0.5, 0.6) is 0 Å². The van der Waals surface area contributed by atoms with Gasteiger partial charge in [-0.3, -0.25) is 29.3 Å². The van der Waals surface area contributed by atoms with Gasteiger partial charge in [-0.25, -0.2) is 0 Å². The molecule has 21 nitrogen and oxygen atoms in total. The summed E-state index contributed by atoms with van der Waals surface area (Å²) < 4.78 is 99.3. The van der Waals surface area contributed by atoms with Gasteiger partial charge >= 0.3 is 0 Å². The quantitative estimate of drug-likeness (QED) is 0.0808. The molecule has 564 valence electrons. The summed E-state index contributed by atoms with van der Waals surface area (Å²) in [6.45, 7) is 21.5. The minimum absolute atomic E-state index is 0.112. The Kier molecular flexibility index (Phi) is 22.3. The fraction of sp³-hybridized carbons (Fsp3) is 0.407. The third-order valence-electron chi connectivity index (χ3n) is 21.3. The van der Waals surface area contributed by atoms with Crippen molar-refractivity contribution in [2.45, 2.75) is 137 Å². The lowest BCUT2D eigenvalue weighted by atomic mass is 9.85. The minimum Gasteiger partial charge on any atom is -0.377 e. The van der Waals surface area contributed by atoms with Crippen LogP contribution in [0.15, 0.2) is 128 Å². The van der Waals surface area contributed by atoms with Gasteiger partial charge in [0.15, 0.2) is 0 Å². The largest absolute Gasteiger partial charge is 0.377 e. The molecule has 6 aliphatic heterocycles. The van der Waals surface area contributed by atoms with Crippen LogP contribution in [0.4, 0.5) is 60.5 Å². The monoisotopic (exact) mass is 1480 g/mol. The number of aryl methyl sites for hydroxylation is 3. The van der Waals surface area contributed by atoms with Crippen LogP contribution in [-0.4, -0.2) is 141 Å². The van der Waals surface area contributed by atoms with Gasteiger partial charge in [-0.15, -0.1) is 0 Å². The average Bonchev–Trinajstić information content (AvgIpc) is 0.772. The molecule has 6 aromatic heterocycles. The van der Waals surface area contributed by atoms with Crippen molar-refractivity contribution < 1.29 is 54.9 Å². The van der Waals surface area contributed by atoms with Gasteiger partial charge in [0.2, 0.25) is 0 Å². The van der Waals surface area contributed by atoms with Gasteiger partial charge in [0.1, 0.15) is 17.1 Å². The number of rotatable bonds is 15. The van der Waals surface area contributed by atoms with E-state index in [4.69, 9.17) is 14.2 Å². The van der Waals surface area contributed by atoms with Crippen LogP contribution in [-0.2, 0) is 51.2 Å². The van der Waals surface area contributed by atoms with Gasteiger partial charge in [-0.2, -0.15) is 56.9 Å². The van der Waals surface area contributed by atoms with Gasteiger partial charge in [-0.1, -0.05) is 58.2 Å². The summed E-state index contributed by atoms with van der Waals surface area (Å²) in [5, 5.41) is 35.8. The number of hydrogen-bond acceptors (Lipinski definition) is 18. The molecule has 0 unspecified atom stereocenters. The summed E-state index contributed by atoms with van der Waals surface area (Å²) in [5.41, 5.74) is 14.6.